The first-order valence-electron chi connectivity index (χ1n) is 8.66. The summed E-state index contributed by atoms with van der Waals surface area (Å²) in [4.78, 5) is 12.4. The van der Waals surface area contributed by atoms with Gasteiger partial charge in [-0.3, -0.25) is 0 Å². The molecule has 0 aliphatic heterocycles. The predicted molar refractivity (Wildman–Crippen MR) is 95.1 cm³/mol. The van der Waals surface area contributed by atoms with Crippen LogP contribution >= 0.6 is 0 Å². The Labute approximate surface area is 144 Å². The molecule has 2 rings (SSSR count). The second-order valence-corrected chi connectivity index (χ2v) is 7.73. The van der Waals surface area contributed by atoms with Crippen LogP contribution in [-0.4, -0.2) is 30.9 Å². The summed E-state index contributed by atoms with van der Waals surface area (Å²) in [6.07, 6.45) is 2.36. The Morgan fingerprint density at radius 2 is 2.04 bits per heavy atom. The van der Waals surface area contributed by atoms with Gasteiger partial charge in [0.05, 0.1) is 19.3 Å². The zero-order valence-corrected chi connectivity index (χ0v) is 15.1. The third kappa shape index (κ3) is 4.87. The maximum atomic E-state index is 12.4. The van der Waals surface area contributed by atoms with Gasteiger partial charge in [0.15, 0.2) is 0 Å². The van der Waals surface area contributed by atoms with Gasteiger partial charge >= 0.3 is 6.03 Å². The molecule has 0 bridgehead atoms. The SMILES string of the molecule is COc1ccccc1C(NC(=O)NCC1CCC(O)C1)C(C)(C)C. The first kappa shape index (κ1) is 18.6. The van der Waals surface area contributed by atoms with Gasteiger partial charge in [-0.25, -0.2) is 4.79 Å². The number of aliphatic hydroxyl groups excluding tert-OH is 1. The number of hydrogen-bond acceptors (Lipinski definition) is 3. The van der Waals surface area contributed by atoms with E-state index in [1.807, 2.05) is 24.3 Å². The van der Waals surface area contributed by atoms with E-state index >= 15 is 0 Å². The number of para-hydroxylation sites is 1. The number of methoxy groups -OCH3 is 1. The van der Waals surface area contributed by atoms with Gasteiger partial charge < -0.3 is 20.5 Å². The molecular weight excluding hydrogens is 304 g/mol. The van der Waals surface area contributed by atoms with Gasteiger partial charge in [0.25, 0.3) is 0 Å². The summed E-state index contributed by atoms with van der Waals surface area (Å²) in [6, 6.07) is 7.43. The van der Waals surface area contributed by atoms with Crippen molar-refractivity contribution >= 4 is 6.03 Å². The molecule has 24 heavy (non-hydrogen) atoms. The molecular formula is C19H30N2O3. The van der Waals surface area contributed by atoms with Crippen molar-refractivity contribution in [2.24, 2.45) is 11.3 Å². The molecule has 0 heterocycles. The lowest BCUT2D eigenvalue weighted by atomic mass is 9.82. The summed E-state index contributed by atoms with van der Waals surface area (Å²) in [5.41, 5.74) is 0.814. The zero-order valence-electron chi connectivity index (χ0n) is 15.1. The van der Waals surface area contributed by atoms with Crippen LogP contribution in [0.4, 0.5) is 4.79 Å². The molecule has 0 spiro atoms. The van der Waals surface area contributed by atoms with Crippen molar-refractivity contribution in [2.75, 3.05) is 13.7 Å². The Balaban J connectivity index is 2.02. The van der Waals surface area contributed by atoms with E-state index in [1.165, 1.54) is 0 Å². The maximum Gasteiger partial charge on any atom is 0.315 e. The number of benzene rings is 1. The van der Waals surface area contributed by atoms with Gasteiger partial charge in [-0.05, 0) is 36.7 Å². The molecule has 5 heteroatoms. The zero-order chi connectivity index (χ0) is 17.7. The third-order valence-electron chi connectivity index (χ3n) is 4.66. The third-order valence-corrected chi connectivity index (χ3v) is 4.66. The molecule has 1 fully saturated rings. The van der Waals surface area contributed by atoms with Gasteiger partial charge in [0.2, 0.25) is 0 Å². The lowest BCUT2D eigenvalue weighted by Crippen LogP contribution is -2.43. The van der Waals surface area contributed by atoms with Gasteiger partial charge in [-0.2, -0.15) is 0 Å². The molecule has 2 amide bonds. The number of amides is 2. The molecule has 3 unspecified atom stereocenters. The fourth-order valence-electron chi connectivity index (χ4n) is 3.32. The average molecular weight is 334 g/mol. The summed E-state index contributed by atoms with van der Waals surface area (Å²) in [5.74, 6) is 1.14. The van der Waals surface area contributed by atoms with Crippen LogP contribution in [0.3, 0.4) is 0 Å². The van der Waals surface area contributed by atoms with Crippen molar-refractivity contribution in [3.05, 3.63) is 29.8 Å². The Kier molecular flexibility index (Phi) is 6.10. The van der Waals surface area contributed by atoms with Gasteiger partial charge in [0.1, 0.15) is 5.75 Å². The molecule has 3 atom stereocenters. The average Bonchev–Trinajstić information content (AvgIpc) is 2.95. The Bertz CT molecular complexity index is 554. The highest BCUT2D eigenvalue weighted by Crippen LogP contribution is 2.37. The monoisotopic (exact) mass is 334 g/mol. The van der Waals surface area contributed by atoms with E-state index in [2.05, 4.69) is 31.4 Å². The van der Waals surface area contributed by atoms with Crippen LogP contribution in [0, 0.1) is 11.3 Å². The van der Waals surface area contributed by atoms with E-state index in [0.717, 1.165) is 30.6 Å². The van der Waals surface area contributed by atoms with E-state index in [9.17, 15) is 9.90 Å². The first-order valence-corrected chi connectivity index (χ1v) is 8.66. The van der Waals surface area contributed by atoms with Crippen LogP contribution in [0.5, 0.6) is 5.75 Å². The van der Waals surface area contributed by atoms with Crippen LogP contribution in [0.15, 0.2) is 24.3 Å². The fraction of sp³-hybridized carbons (Fsp3) is 0.632. The van der Waals surface area contributed by atoms with Gasteiger partial charge in [0, 0.05) is 12.1 Å². The van der Waals surface area contributed by atoms with Gasteiger partial charge in [-0.15, -0.1) is 0 Å². The predicted octanol–water partition coefficient (Wildman–Crippen LogP) is 3.24. The van der Waals surface area contributed by atoms with Crippen LogP contribution in [0.25, 0.3) is 0 Å². The summed E-state index contributed by atoms with van der Waals surface area (Å²) in [5, 5.41) is 15.6. The first-order chi connectivity index (χ1) is 11.3. The minimum Gasteiger partial charge on any atom is -0.496 e. The fourth-order valence-corrected chi connectivity index (χ4v) is 3.32. The van der Waals surface area contributed by atoms with Crippen molar-refractivity contribution in [2.45, 2.75) is 52.2 Å². The van der Waals surface area contributed by atoms with Crippen LogP contribution in [0.2, 0.25) is 0 Å². The van der Waals surface area contributed by atoms with Crippen molar-refractivity contribution in [3.63, 3.8) is 0 Å². The lowest BCUT2D eigenvalue weighted by molar-refractivity contribution is 0.177. The Morgan fingerprint density at radius 1 is 1.33 bits per heavy atom. The van der Waals surface area contributed by atoms with Crippen LogP contribution < -0.4 is 15.4 Å². The number of hydrogen-bond donors (Lipinski definition) is 3. The molecule has 3 N–H and O–H groups in total. The number of aliphatic hydroxyl groups is 1. The quantitative estimate of drug-likeness (QED) is 0.774. The summed E-state index contributed by atoms with van der Waals surface area (Å²) < 4.78 is 5.46. The molecule has 5 nitrogen and oxygen atoms in total. The molecule has 0 aromatic heterocycles. The number of urea groups is 1. The molecule has 1 aliphatic carbocycles. The van der Waals surface area contributed by atoms with E-state index in [-0.39, 0.29) is 23.6 Å². The topological polar surface area (TPSA) is 70.6 Å². The normalized spacial score (nSPS) is 22.0. The second kappa shape index (κ2) is 7.88. The Hall–Kier alpha value is -1.75. The van der Waals surface area contributed by atoms with Gasteiger partial charge in [-0.1, -0.05) is 39.0 Å². The molecule has 0 radical (unpaired) electrons. The van der Waals surface area contributed by atoms with E-state index < -0.39 is 0 Å². The minimum atomic E-state index is -0.212. The highest BCUT2D eigenvalue weighted by Gasteiger charge is 2.30. The summed E-state index contributed by atoms with van der Waals surface area (Å²) in [6.45, 7) is 6.89. The smallest absolute Gasteiger partial charge is 0.315 e. The Morgan fingerprint density at radius 3 is 2.62 bits per heavy atom. The number of rotatable bonds is 5. The number of ether oxygens (including phenoxy) is 1. The van der Waals surface area contributed by atoms with E-state index in [4.69, 9.17) is 4.74 Å². The van der Waals surface area contributed by atoms with E-state index in [0.29, 0.717) is 12.5 Å². The highest BCUT2D eigenvalue weighted by atomic mass is 16.5. The largest absolute Gasteiger partial charge is 0.496 e. The van der Waals surface area contributed by atoms with E-state index in [1.54, 1.807) is 7.11 Å². The molecule has 0 saturated heterocycles. The molecule has 1 aliphatic rings. The molecule has 1 saturated carbocycles. The number of carbonyl (C=O) groups is 1. The molecule has 1 aromatic carbocycles. The van der Waals surface area contributed by atoms with Crippen molar-refractivity contribution in [1.29, 1.82) is 0 Å². The van der Waals surface area contributed by atoms with Crippen molar-refractivity contribution in [3.8, 4) is 5.75 Å². The molecule has 1 aromatic rings. The van der Waals surface area contributed by atoms with Crippen LogP contribution in [0.1, 0.15) is 51.6 Å². The number of carbonyl (C=O) groups excluding carboxylic acids is 1. The summed E-state index contributed by atoms with van der Waals surface area (Å²) in [7, 11) is 1.64. The summed E-state index contributed by atoms with van der Waals surface area (Å²) >= 11 is 0. The minimum absolute atomic E-state index is 0.157. The number of nitrogens with one attached hydrogen (secondary N) is 2. The lowest BCUT2D eigenvalue weighted by Gasteiger charge is -2.33. The second-order valence-electron chi connectivity index (χ2n) is 7.73. The van der Waals surface area contributed by atoms with Crippen molar-refractivity contribution < 1.29 is 14.6 Å². The highest BCUT2D eigenvalue weighted by molar-refractivity contribution is 5.74. The van der Waals surface area contributed by atoms with Crippen molar-refractivity contribution in [1.82, 2.24) is 10.6 Å². The van der Waals surface area contributed by atoms with Crippen LogP contribution in [-0.2, 0) is 0 Å². The molecule has 134 valence electrons. The standard InChI is InChI=1S/C19H30N2O3/c1-19(2,3)17(15-7-5-6-8-16(15)24-4)21-18(23)20-12-13-9-10-14(22)11-13/h5-8,13-14,17,22H,9-12H2,1-4H3,(H2,20,21,23). The maximum absolute atomic E-state index is 12.4.